The molecule has 0 saturated heterocycles. The number of allylic oxidation sites excluding steroid dienone is 2. The normalized spacial score (nSPS) is 17.5. The Kier molecular flexibility index (Phi) is 5.71. The molecule has 0 fully saturated rings. The van der Waals surface area contributed by atoms with E-state index in [0.29, 0.717) is 32.3 Å². The summed E-state index contributed by atoms with van der Waals surface area (Å²) in [5.74, 6) is 1.48. The Morgan fingerprint density at radius 1 is 1.42 bits per heavy atom. The zero-order chi connectivity index (χ0) is 16.9. The number of nitrogens with one attached hydrogen (secondary N) is 1. The highest BCUT2D eigenvalue weighted by molar-refractivity contribution is 7.71. The quantitative estimate of drug-likeness (QED) is 0.448. The Bertz CT molecular complexity index is 828. The maximum absolute atomic E-state index is 6.09. The molecule has 0 radical (unpaired) electrons. The standard InChI is InChI=1S/C16H16Cl2N4OS/c17-12-6-7-13(18)14(8-12)23-10-15-20-21-16(24)22(15)19-9-11-4-2-1-3-5-11/h1-2,6-9,11H,3-5,10H2,(H,21,24)/b19-9-/t11-/m0/s1. The summed E-state index contributed by atoms with van der Waals surface area (Å²) in [6, 6.07) is 5.05. The number of aromatic nitrogens is 3. The fourth-order valence-electron chi connectivity index (χ4n) is 2.38. The van der Waals surface area contributed by atoms with Crippen LogP contribution in [0.3, 0.4) is 0 Å². The van der Waals surface area contributed by atoms with E-state index in [0.717, 1.165) is 19.3 Å². The van der Waals surface area contributed by atoms with Crippen LogP contribution >= 0.6 is 35.4 Å². The van der Waals surface area contributed by atoms with Crippen molar-refractivity contribution in [1.29, 1.82) is 0 Å². The van der Waals surface area contributed by atoms with E-state index in [1.165, 1.54) is 0 Å². The van der Waals surface area contributed by atoms with Gasteiger partial charge in [0.1, 0.15) is 12.4 Å². The number of rotatable bonds is 5. The highest BCUT2D eigenvalue weighted by Gasteiger charge is 2.10. The first-order chi connectivity index (χ1) is 11.6. The van der Waals surface area contributed by atoms with Gasteiger partial charge in [0, 0.05) is 17.3 Å². The average molecular weight is 383 g/mol. The number of hydrogen-bond donors (Lipinski definition) is 1. The zero-order valence-corrected chi connectivity index (χ0v) is 15.1. The van der Waals surface area contributed by atoms with E-state index >= 15 is 0 Å². The largest absolute Gasteiger partial charge is 0.484 e. The molecule has 3 rings (SSSR count). The Labute approximate surface area is 154 Å². The predicted molar refractivity (Wildman–Crippen MR) is 98.6 cm³/mol. The molecule has 8 heteroatoms. The lowest BCUT2D eigenvalue weighted by atomic mass is 9.96. The summed E-state index contributed by atoms with van der Waals surface area (Å²) in [7, 11) is 0. The predicted octanol–water partition coefficient (Wildman–Crippen LogP) is 5.02. The molecule has 1 aliphatic rings. The van der Waals surface area contributed by atoms with Gasteiger partial charge >= 0.3 is 0 Å². The van der Waals surface area contributed by atoms with Gasteiger partial charge in [-0.05, 0) is 49.5 Å². The minimum Gasteiger partial charge on any atom is -0.484 e. The molecule has 5 nitrogen and oxygen atoms in total. The van der Waals surface area contributed by atoms with Crippen molar-refractivity contribution in [1.82, 2.24) is 14.9 Å². The maximum atomic E-state index is 6.09. The van der Waals surface area contributed by atoms with Crippen LogP contribution in [0, 0.1) is 10.7 Å². The number of halogens is 2. The number of nitrogens with zero attached hydrogens (tertiary/aromatic N) is 3. The first-order valence-electron chi connectivity index (χ1n) is 7.57. The van der Waals surface area contributed by atoms with Crippen molar-refractivity contribution < 1.29 is 4.74 Å². The van der Waals surface area contributed by atoms with Gasteiger partial charge in [0.05, 0.1) is 5.02 Å². The fourth-order valence-corrected chi connectivity index (χ4v) is 2.91. The summed E-state index contributed by atoms with van der Waals surface area (Å²) < 4.78 is 7.70. The van der Waals surface area contributed by atoms with E-state index in [1.54, 1.807) is 22.9 Å². The molecule has 0 aliphatic heterocycles. The monoisotopic (exact) mass is 382 g/mol. The third-order valence-electron chi connectivity index (χ3n) is 3.67. The van der Waals surface area contributed by atoms with E-state index in [1.807, 2.05) is 6.21 Å². The second kappa shape index (κ2) is 7.96. The van der Waals surface area contributed by atoms with Crippen molar-refractivity contribution in [3.63, 3.8) is 0 Å². The highest BCUT2D eigenvalue weighted by atomic mass is 35.5. The van der Waals surface area contributed by atoms with E-state index in [-0.39, 0.29) is 6.61 Å². The molecule has 1 aromatic carbocycles. The Hall–Kier alpha value is -1.63. The molecule has 1 heterocycles. The average Bonchev–Trinajstić information content (AvgIpc) is 2.95. The zero-order valence-electron chi connectivity index (χ0n) is 12.8. The van der Waals surface area contributed by atoms with Crippen LogP contribution < -0.4 is 4.74 Å². The Morgan fingerprint density at radius 3 is 3.08 bits per heavy atom. The number of aromatic amines is 1. The van der Waals surface area contributed by atoms with E-state index in [4.69, 9.17) is 40.2 Å². The molecule has 24 heavy (non-hydrogen) atoms. The van der Waals surface area contributed by atoms with Gasteiger partial charge in [-0.3, -0.25) is 0 Å². The van der Waals surface area contributed by atoms with Crippen LogP contribution in [0.2, 0.25) is 10.0 Å². The molecule has 1 aromatic heterocycles. The summed E-state index contributed by atoms with van der Waals surface area (Å²) >= 11 is 17.3. The molecule has 0 saturated carbocycles. The van der Waals surface area contributed by atoms with E-state index < -0.39 is 0 Å². The van der Waals surface area contributed by atoms with Gasteiger partial charge in [0.15, 0.2) is 5.82 Å². The van der Waals surface area contributed by atoms with Crippen LogP contribution in [0.15, 0.2) is 35.5 Å². The minimum atomic E-state index is 0.176. The lowest BCUT2D eigenvalue weighted by molar-refractivity contribution is 0.291. The second-order valence-corrected chi connectivity index (χ2v) is 6.66. The van der Waals surface area contributed by atoms with Gasteiger partial charge in [0.2, 0.25) is 4.77 Å². The van der Waals surface area contributed by atoms with Crippen molar-refractivity contribution >= 4 is 41.6 Å². The van der Waals surface area contributed by atoms with Crippen LogP contribution in [0.1, 0.15) is 25.1 Å². The van der Waals surface area contributed by atoms with Crippen molar-refractivity contribution in [2.75, 3.05) is 0 Å². The van der Waals surface area contributed by atoms with Gasteiger partial charge in [-0.25, -0.2) is 5.10 Å². The highest BCUT2D eigenvalue weighted by Crippen LogP contribution is 2.28. The number of hydrogen-bond acceptors (Lipinski definition) is 4. The number of H-pyrrole nitrogens is 1. The lowest BCUT2D eigenvalue weighted by Crippen LogP contribution is -2.08. The fraction of sp³-hybridized carbons (Fsp3) is 0.312. The summed E-state index contributed by atoms with van der Waals surface area (Å²) in [6.07, 6.45) is 9.47. The smallest absolute Gasteiger partial charge is 0.216 e. The Balaban J connectivity index is 1.72. The van der Waals surface area contributed by atoms with Crippen LogP contribution in [-0.2, 0) is 6.61 Å². The third kappa shape index (κ3) is 4.26. The molecule has 1 atom stereocenters. The van der Waals surface area contributed by atoms with Crippen LogP contribution in [0.4, 0.5) is 0 Å². The van der Waals surface area contributed by atoms with Gasteiger partial charge in [-0.2, -0.15) is 14.9 Å². The Morgan fingerprint density at radius 2 is 2.29 bits per heavy atom. The summed E-state index contributed by atoms with van der Waals surface area (Å²) in [5, 5.41) is 12.4. The van der Waals surface area contributed by atoms with Crippen molar-refractivity contribution in [2.24, 2.45) is 11.0 Å². The molecular weight excluding hydrogens is 367 g/mol. The van der Waals surface area contributed by atoms with Gasteiger partial charge in [-0.15, -0.1) is 0 Å². The molecule has 0 spiro atoms. The molecule has 0 unspecified atom stereocenters. The maximum Gasteiger partial charge on any atom is 0.216 e. The molecule has 0 bridgehead atoms. The van der Waals surface area contributed by atoms with Crippen LogP contribution in [-0.4, -0.2) is 21.1 Å². The van der Waals surface area contributed by atoms with Gasteiger partial charge < -0.3 is 4.74 Å². The lowest BCUT2D eigenvalue weighted by Gasteiger charge is -2.12. The van der Waals surface area contributed by atoms with E-state index in [9.17, 15) is 0 Å². The van der Waals surface area contributed by atoms with Crippen molar-refractivity contribution in [3.05, 3.63) is 51.0 Å². The first-order valence-corrected chi connectivity index (χ1v) is 8.73. The van der Waals surface area contributed by atoms with Crippen molar-refractivity contribution in [2.45, 2.75) is 25.9 Å². The topological polar surface area (TPSA) is 55.2 Å². The molecule has 0 amide bonds. The number of benzene rings is 1. The van der Waals surface area contributed by atoms with Crippen molar-refractivity contribution in [3.8, 4) is 5.75 Å². The summed E-state index contributed by atoms with van der Waals surface area (Å²) in [4.78, 5) is 0. The van der Waals surface area contributed by atoms with Gasteiger partial charge in [-0.1, -0.05) is 35.4 Å². The van der Waals surface area contributed by atoms with E-state index in [2.05, 4.69) is 27.5 Å². The molecule has 126 valence electrons. The SMILES string of the molecule is S=c1[nH]nc(COc2cc(Cl)ccc2Cl)n1/N=C\[C@H]1CC=CCC1. The van der Waals surface area contributed by atoms with Gasteiger partial charge in [0.25, 0.3) is 0 Å². The van der Waals surface area contributed by atoms with Crippen LogP contribution in [0.5, 0.6) is 5.75 Å². The summed E-state index contributed by atoms with van der Waals surface area (Å²) in [6.45, 7) is 0.176. The molecular formula is C16H16Cl2N4OS. The molecule has 1 aliphatic carbocycles. The molecule has 2 aromatic rings. The second-order valence-electron chi connectivity index (χ2n) is 5.43. The first kappa shape index (κ1) is 17.2. The minimum absolute atomic E-state index is 0.176. The van der Waals surface area contributed by atoms with Crippen LogP contribution in [0.25, 0.3) is 0 Å². The third-order valence-corrected chi connectivity index (χ3v) is 4.48. The summed E-state index contributed by atoms with van der Waals surface area (Å²) in [5.41, 5.74) is 0. The number of ether oxygens (including phenoxy) is 1. The molecule has 1 N–H and O–H groups in total.